The summed E-state index contributed by atoms with van der Waals surface area (Å²) in [6.07, 6.45) is -0.695. The van der Waals surface area contributed by atoms with Gasteiger partial charge in [-0.1, -0.05) is 12.1 Å². The second-order valence-corrected chi connectivity index (χ2v) is 8.77. The predicted octanol–water partition coefficient (Wildman–Crippen LogP) is 3.52. The summed E-state index contributed by atoms with van der Waals surface area (Å²) in [4.78, 5) is 30.1. The first-order chi connectivity index (χ1) is 14.2. The molecule has 1 aliphatic rings. The Morgan fingerprint density at radius 3 is 2.67 bits per heavy atom. The highest BCUT2D eigenvalue weighted by Crippen LogP contribution is 2.32. The molecule has 2 amide bonds. The van der Waals surface area contributed by atoms with E-state index in [1.54, 1.807) is 32.9 Å². The number of alkyl carbamates (subject to hydrolysis) is 1. The second-order valence-electron chi connectivity index (χ2n) is 7.74. The standard InChI is InChI=1S/C21H23N3O5S/c1-20(2,3)29-19(26)24-21(22-4,11-15-6-5-9-30-15)18(25)23-12-14-7-8-16-17(10-14)28-13-27-16/h4-10H,11-13H2,1-3H3,(H-,23,24,25,26)/p+1. The molecule has 158 valence electrons. The minimum absolute atomic E-state index is 0.0907. The number of thiophene rings is 1. The molecule has 0 saturated heterocycles. The van der Waals surface area contributed by atoms with Crippen LogP contribution in [0.5, 0.6) is 11.5 Å². The van der Waals surface area contributed by atoms with Crippen LogP contribution in [-0.4, -0.2) is 30.1 Å². The normalized spacial score (nSPS) is 14.3. The Kier molecular flexibility index (Phi) is 6.17. The third-order valence-electron chi connectivity index (χ3n) is 4.20. The van der Waals surface area contributed by atoms with Gasteiger partial charge in [-0.3, -0.25) is 4.79 Å². The number of nitrogens with zero attached hydrogens (tertiary/aromatic N) is 1. The smallest absolute Gasteiger partial charge is 0.440 e. The Balaban J connectivity index is 1.76. The van der Waals surface area contributed by atoms with Crippen LogP contribution in [0.1, 0.15) is 31.2 Å². The highest BCUT2D eigenvalue weighted by atomic mass is 32.1. The maximum Gasteiger partial charge on any atom is 0.440 e. The van der Waals surface area contributed by atoms with Gasteiger partial charge in [0.15, 0.2) is 11.5 Å². The number of ether oxygens (including phenoxy) is 3. The lowest BCUT2D eigenvalue weighted by Gasteiger charge is -2.23. The average molecular weight is 431 g/mol. The van der Waals surface area contributed by atoms with Gasteiger partial charge in [0.2, 0.25) is 6.79 Å². The molecular formula is C21H24N3O5S+. The van der Waals surface area contributed by atoms with E-state index in [4.69, 9.17) is 20.8 Å². The first-order valence-corrected chi connectivity index (χ1v) is 10.2. The van der Waals surface area contributed by atoms with Gasteiger partial charge < -0.3 is 19.5 Å². The van der Waals surface area contributed by atoms with Crippen LogP contribution in [0.25, 0.3) is 4.85 Å². The molecule has 0 radical (unpaired) electrons. The van der Waals surface area contributed by atoms with Crippen molar-refractivity contribution in [2.45, 2.75) is 45.0 Å². The number of nitrogens with one attached hydrogen (secondary N) is 2. The summed E-state index contributed by atoms with van der Waals surface area (Å²) in [6.45, 7) is 11.2. The number of hydrogen-bond acceptors (Lipinski definition) is 6. The van der Waals surface area contributed by atoms with Crippen molar-refractivity contribution in [1.29, 1.82) is 0 Å². The quantitative estimate of drug-likeness (QED) is 0.732. The van der Waals surface area contributed by atoms with Gasteiger partial charge in [-0.15, -0.1) is 11.3 Å². The zero-order valence-corrected chi connectivity index (χ0v) is 17.9. The first-order valence-electron chi connectivity index (χ1n) is 9.33. The fraction of sp³-hybridized carbons (Fsp3) is 0.381. The van der Waals surface area contributed by atoms with E-state index in [9.17, 15) is 9.59 Å². The van der Waals surface area contributed by atoms with Crippen molar-refractivity contribution in [2.24, 2.45) is 0 Å². The lowest BCUT2D eigenvalue weighted by atomic mass is 10.0. The zero-order chi connectivity index (χ0) is 21.8. The van der Waals surface area contributed by atoms with E-state index in [0.717, 1.165) is 10.4 Å². The number of amides is 2. The summed E-state index contributed by atoms with van der Waals surface area (Å²) < 4.78 is 16.0. The van der Waals surface area contributed by atoms with Crippen LogP contribution in [0.2, 0.25) is 0 Å². The summed E-state index contributed by atoms with van der Waals surface area (Å²) >= 11 is 1.43. The van der Waals surface area contributed by atoms with Gasteiger partial charge in [0.1, 0.15) is 5.60 Å². The number of carbonyl (C=O) groups is 2. The number of carbonyl (C=O) groups excluding carboxylic acids is 2. The van der Waals surface area contributed by atoms with E-state index in [2.05, 4.69) is 15.5 Å². The Hall–Kier alpha value is -3.25. The van der Waals surface area contributed by atoms with Gasteiger partial charge in [-0.05, 0) is 54.8 Å². The highest BCUT2D eigenvalue weighted by molar-refractivity contribution is 7.09. The minimum Gasteiger partial charge on any atom is -0.454 e. The van der Waals surface area contributed by atoms with Crippen LogP contribution >= 0.6 is 11.3 Å². The van der Waals surface area contributed by atoms with Crippen LogP contribution in [0, 0.1) is 6.57 Å². The van der Waals surface area contributed by atoms with Crippen LogP contribution in [-0.2, 0) is 22.5 Å². The maximum atomic E-state index is 13.1. The van der Waals surface area contributed by atoms with Crippen molar-refractivity contribution >= 4 is 23.3 Å². The molecule has 1 unspecified atom stereocenters. The van der Waals surface area contributed by atoms with Crippen molar-refractivity contribution < 1.29 is 23.8 Å². The van der Waals surface area contributed by atoms with Gasteiger partial charge in [-0.2, -0.15) is 0 Å². The molecule has 2 aromatic rings. The van der Waals surface area contributed by atoms with Crippen LogP contribution in [0.3, 0.4) is 0 Å². The molecule has 2 heterocycles. The van der Waals surface area contributed by atoms with Crippen LogP contribution < -0.4 is 20.1 Å². The zero-order valence-electron chi connectivity index (χ0n) is 17.1. The number of hydrogen-bond donors (Lipinski definition) is 2. The summed E-state index contributed by atoms with van der Waals surface area (Å²) in [5.74, 6) is 0.713. The number of benzene rings is 1. The molecule has 9 heteroatoms. The lowest BCUT2D eigenvalue weighted by molar-refractivity contribution is -0.126. The Morgan fingerprint density at radius 1 is 1.23 bits per heavy atom. The molecular weight excluding hydrogens is 406 g/mol. The molecule has 8 nitrogen and oxygen atoms in total. The monoisotopic (exact) mass is 430 g/mol. The first kappa shape index (κ1) is 21.5. The van der Waals surface area contributed by atoms with Crippen molar-refractivity contribution in [3.8, 4) is 18.1 Å². The van der Waals surface area contributed by atoms with Gasteiger partial charge in [0.05, 0.1) is 6.42 Å². The third-order valence-corrected chi connectivity index (χ3v) is 5.08. The lowest BCUT2D eigenvalue weighted by Crippen LogP contribution is -2.58. The number of fused-ring (bicyclic) bond motifs is 1. The van der Waals surface area contributed by atoms with Gasteiger partial charge in [0, 0.05) is 11.4 Å². The van der Waals surface area contributed by atoms with Crippen molar-refractivity contribution in [1.82, 2.24) is 10.6 Å². The molecule has 0 spiro atoms. The molecule has 1 aromatic heterocycles. The van der Waals surface area contributed by atoms with Crippen molar-refractivity contribution in [3.63, 3.8) is 0 Å². The predicted molar refractivity (Wildman–Crippen MR) is 113 cm³/mol. The van der Waals surface area contributed by atoms with E-state index in [0.29, 0.717) is 11.5 Å². The Labute approximate surface area is 179 Å². The second kappa shape index (κ2) is 8.63. The van der Waals surface area contributed by atoms with E-state index in [-0.39, 0.29) is 19.8 Å². The summed E-state index contributed by atoms with van der Waals surface area (Å²) in [6, 6.07) is 9.06. The summed E-state index contributed by atoms with van der Waals surface area (Å²) in [5.41, 5.74) is -1.66. The molecule has 0 saturated carbocycles. The van der Waals surface area contributed by atoms with E-state index in [1.165, 1.54) is 11.3 Å². The highest BCUT2D eigenvalue weighted by Gasteiger charge is 2.52. The van der Waals surface area contributed by atoms with E-state index in [1.807, 2.05) is 23.6 Å². The molecule has 30 heavy (non-hydrogen) atoms. The van der Waals surface area contributed by atoms with Gasteiger partial charge in [-0.25, -0.2) is 10.1 Å². The van der Waals surface area contributed by atoms with Crippen molar-refractivity contribution in [3.05, 3.63) is 51.0 Å². The number of rotatable bonds is 6. The molecule has 1 aromatic carbocycles. The minimum atomic E-state index is -1.72. The molecule has 2 N–H and O–H groups in total. The van der Waals surface area contributed by atoms with Gasteiger partial charge in [0.25, 0.3) is 6.57 Å². The fourth-order valence-electron chi connectivity index (χ4n) is 2.84. The molecule has 1 aliphatic heterocycles. The molecule has 0 fully saturated rings. The Morgan fingerprint density at radius 2 is 2.00 bits per heavy atom. The summed E-state index contributed by atoms with van der Waals surface area (Å²) in [7, 11) is 0. The SMILES string of the molecule is C#[N+]C(Cc1cccs1)(NC(=O)OC(C)(C)C)C(=O)NCc1ccc2c(c1)OCO2. The van der Waals surface area contributed by atoms with E-state index < -0.39 is 23.3 Å². The molecule has 0 aliphatic carbocycles. The molecule has 3 rings (SSSR count). The van der Waals surface area contributed by atoms with Crippen molar-refractivity contribution in [2.75, 3.05) is 6.79 Å². The topological polar surface area (TPSA) is 90.2 Å². The van der Waals surface area contributed by atoms with Gasteiger partial charge >= 0.3 is 17.7 Å². The van der Waals surface area contributed by atoms with Crippen LogP contribution in [0.4, 0.5) is 4.79 Å². The largest absolute Gasteiger partial charge is 0.454 e. The third kappa shape index (κ3) is 5.21. The fourth-order valence-corrected chi connectivity index (χ4v) is 3.62. The average Bonchev–Trinajstić information content (AvgIpc) is 3.34. The maximum absolute atomic E-state index is 13.1. The van der Waals surface area contributed by atoms with E-state index >= 15 is 0 Å². The molecule has 0 bridgehead atoms. The molecule has 1 atom stereocenters. The summed E-state index contributed by atoms with van der Waals surface area (Å²) in [5, 5.41) is 7.21. The Bertz CT molecular complexity index is 962. The van der Waals surface area contributed by atoms with Crippen LogP contribution in [0.15, 0.2) is 35.7 Å².